The van der Waals surface area contributed by atoms with E-state index in [1.54, 1.807) is 0 Å². The van der Waals surface area contributed by atoms with Crippen molar-refractivity contribution in [3.8, 4) is 11.3 Å². The average molecular weight is 520 g/mol. The van der Waals surface area contributed by atoms with Crippen LogP contribution in [0.25, 0.3) is 11.3 Å². The SMILES string of the molecule is CC.COC(=O)c1cc(C(F)(F)F)cnc1Nc1nc(-c2ccc(C(F)(F)F)nc2)c(C(C)C)s1. The Hall–Kier alpha value is -3.22. The van der Waals surface area contributed by atoms with Crippen LogP contribution in [-0.4, -0.2) is 28.0 Å². The first-order valence-electron chi connectivity index (χ1n) is 10.3. The molecule has 0 amide bonds. The molecule has 0 saturated carbocycles. The molecule has 0 fully saturated rings. The second kappa shape index (κ2) is 11.0. The molecule has 0 aromatic carbocycles. The average Bonchev–Trinajstić information content (AvgIpc) is 3.23. The third-order valence-corrected chi connectivity index (χ3v) is 5.62. The fourth-order valence-electron chi connectivity index (χ4n) is 2.77. The molecule has 0 aliphatic carbocycles. The van der Waals surface area contributed by atoms with Gasteiger partial charge in [0.15, 0.2) is 5.13 Å². The maximum absolute atomic E-state index is 13.0. The first-order valence-corrected chi connectivity index (χ1v) is 11.1. The second-order valence-corrected chi connectivity index (χ2v) is 8.08. The molecule has 0 spiro atoms. The van der Waals surface area contributed by atoms with Crippen LogP contribution in [0.4, 0.5) is 37.3 Å². The highest BCUT2D eigenvalue weighted by Crippen LogP contribution is 2.38. The predicted octanol–water partition coefficient (Wildman–Crippen LogP) is 7.32. The Kier molecular flexibility index (Phi) is 8.82. The standard InChI is InChI=1S/C20H16F6N4O2S.C2H6/c1-9(2)15-14(10-4-5-13(27-7-10)20(24,25)26)29-18(33-15)30-16-12(17(31)32-3)6-11(8-28-16)19(21,22)23;1-2/h4-9H,1-3H3,(H,28,29,30);1-2H3. The zero-order chi connectivity index (χ0) is 26.6. The molecule has 3 heterocycles. The molecule has 6 nitrogen and oxygen atoms in total. The number of hydrogen-bond donors (Lipinski definition) is 1. The third kappa shape index (κ3) is 6.68. The van der Waals surface area contributed by atoms with Crippen LogP contribution >= 0.6 is 11.3 Å². The first-order chi connectivity index (χ1) is 16.3. The summed E-state index contributed by atoms with van der Waals surface area (Å²) in [6.07, 6.45) is -7.70. The molecule has 0 unspecified atom stereocenters. The summed E-state index contributed by atoms with van der Waals surface area (Å²) in [5, 5.41) is 2.89. The summed E-state index contributed by atoms with van der Waals surface area (Å²) in [5.74, 6) is -1.34. The normalized spacial score (nSPS) is 11.7. The van der Waals surface area contributed by atoms with Crippen molar-refractivity contribution < 1.29 is 35.9 Å². The summed E-state index contributed by atoms with van der Waals surface area (Å²) >= 11 is 1.12. The smallest absolute Gasteiger partial charge is 0.433 e. The maximum atomic E-state index is 13.0. The van der Waals surface area contributed by atoms with Crippen LogP contribution in [0.3, 0.4) is 0 Å². The van der Waals surface area contributed by atoms with E-state index >= 15 is 0 Å². The Morgan fingerprint density at radius 3 is 2.17 bits per heavy atom. The van der Waals surface area contributed by atoms with Crippen molar-refractivity contribution in [2.24, 2.45) is 0 Å². The molecule has 3 rings (SSSR count). The van der Waals surface area contributed by atoms with E-state index in [0.29, 0.717) is 28.4 Å². The number of halogens is 6. The zero-order valence-electron chi connectivity index (χ0n) is 19.3. The van der Waals surface area contributed by atoms with E-state index in [-0.39, 0.29) is 16.9 Å². The minimum atomic E-state index is -4.72. The van der Waals surface area contributed by atoms with Gasteiger partial charge in [0.1, 0.15) is 17.1 Å². The number of alkyl halides is 6. The van der Waals surface area contributed by atoms with E-state index < -0.39 is 35.1 Å². The number of pyridine rings is 2. The van der Waals surface area contributed by atoms with Crippen molar-refractivity contribution in [1.29, 1.82) is 0 Å². The summed E-state index contributed by atoms with van der Waals surface area (Å²) in [4.78, 5) is 24.2. The predicted molar refractivity (Wildman–Crippen MR) is 120 cm³/mol. The van der Waals surface area contributed by atoms with Gasteiger partial charge in [-0.3, -0.25) is 4.98 Å². The van der Waals surface area contributed by atoms with Gasteiger partial charge in [-0.1, -0.05) is 27.7 Å². The fraction of sp³-hybridized carbons (Fsp3) is 0.364. The highest BCUT2D eigenvalue weighted by molar-refractivity contribution is 7.16. The molecule has 0 radical (unpaired) electrons. The van der Waals surface area contributed by atoms with Gasteiger partial charge >= 0.3 is 18.3 Å². The van der Waals surface area contributed by atoms with Crippen molar-refractivity contribution in [2.45, 2.75) is 46.0 Å². The summed E-state index contributed by atoms with van der Waals surface area (Å²) < 4.78 is 82.1. The van der Waals surface area contributed by atoms with Gasteiger partial charge < -0.3 is 10.1 Å². The van der Waals surface area contributed by atoms with Crippen LogP contribution in [0.1, 0.15) is 60.1 Å². The van der Waals surface area contributed by atoms with Crippen LogP contribution in [0.15, 0.2) is 30.6 Å². The maximum Gasteiger partial charge on any atom is 0.433 e. The lowest BCUT2D eigenvalue weighted by molar-refractivity contribution is -0.141. The number of nitrogens with one attached hydrogen (secondary N) is 1. The van der Waals surface area contributed by atoms with E-state index in [1.807, 2.05) is 27.7 Å². The molecular weight excluding hydrogens is 498 g/mol. The Morgan fingerprint density at radius 2 is 1.69 bits per heavy atom. The second-order valence-electron chi connectivity index (χ2n) is 7.05. The van der Waals surface area contributed by atoms with Gasteiger partial charge in [0.25, 0.3) is 0 Å². The number of anilines is 2. The number of carbonyl (C=O) groups excluding carboxylic acids is 1. The minimum absolute atomic E-state index is 0.0871. The largest absolute Gasteiger partial charge is 0.465 e. The number of ether oxygens (including phenoxy) is 1. The fourth-order valence-corrected chi connectivity index (χ4v) is 3.76. The number of aromatic nitrogens is 3. The highest BCUT2D eigenvalue weighted by atomic mass is 32.1. The molecule has 3 aromatic rings. The van der Waals surface area contributed by atoms with E-state index in [2.05, 4.69) is 25.0 Å². The molecule has 0 atom stereocenters. The van der Waals surface area contributed by atoms with Gasteiger partial charge in [0, 0.05) is 22.8 Å². The van der Waals surface area contributed by atoms with Crippen LogP contribution in [-0.2, 0) is 17.1 Å². The number of methoxy groups -OCH3 is 1. The van der Waals surface area contributed by atoms with Gasteiger partial charge in [-0.05, 0) is 24.1 Å². The molecule has 0 aliphatic rings. The molecule has 190 valence electrons. The minimum Gasteiger partial charge on any atom is -0.465 e. The monoisotopic (exact) mass is 520 g/mol. The van der Waals surface area contributed by atoms with Crippen molar-refractivity contribution in [3.05, 3.63) is 52.3 Å². The van der Waals surface area contributed by atoms with Gasteiger partial charge in [-0.25, -0.2) is 14.8 Å². The molecule has 35 heavy (non-hydrogen) atoms. The Balaban J connectivity index is 0.00000210. The molecule has 3 aromatic heterocycles. The van der Waals surface area contributed by atoms with E-state index in [9.17, 15) is 31.1 Å². The zero-order valence-corrected chi connectivity index (χ0v) is 20.1. The molecule has 0 aliphatic heterocycles. The Labute approximate surface area is 201 Å². The number of nitrogens with zero attached hydrogens (tertiary/aromatic N) is 3. The Morgan fingerprint density at radius 1 is 1.03 bits per heavy atom. The van der Waals surface area contributed by atoms with E-state index in [1.165, 1.54) is 6.07 Å². The summed E-state index contributed by atoms with van der Waals surface area (Å²) in [6, 6.07) is 2.67. The van der Waals surface area contributed by atoms with Crippen LogP contribution in [0.2, 0.25) is 0 Å². The van der Waals surface area contributed by atoms with Crippen LogP contribution in [0.5, 0.6) is 0 Å². The quantitative estimate of drug-likeness (QED) is 0.281. The van der Waals surface area contributed by atoms with Gasteiger partial charge in [0.2, 0.25) is 0 Å². The van der Waals surface area contributed by atoms with Gasteiger partial charge in [0.05, 0.1) is 18.4 Å². The van der Waals surface area contributed by atoms with E-state index in [0.717, 1.165) is 30.7 Å². The first kappa shape index (κ1) is 28.0. The van der Waals surface area contributed by atoms with Crippen LogP contribution in [0, 0.1) is 0 Å². The molecule has 0 bridgehead atoms. The van der Waals surface area contributed by atoms with Gasteiger partial charge in [-0.15, -0.1) is 11.3 Å². The van der Waals surface area contributed by atoms with Crippen molar-refractivity contribution in [3.63, 3.8) is 0 Å². The third-order valence-electron chi connectivity index (χ3n) is 4.35. The molecule has 0 saturated heterocycles. The number of hydrogen-bond acceptors (Lipinski definition) is 7. The van der Waals surface area contributed by atoms with Crippen molar-refractivity contribution >= 4 is 28.3 Å². The van der Waals surface area contributed by atoms with Crippen LogP contribution < -0.4 is 5.32 Å². The lowest BCUT2D eigenvalue weighted by atomic mass is 10.1. The number of thiazole rings is 1. The lowest BCUT2D eigenvalue weighted by Crippen LogP contribution is -2.12. The van der Waals surface area contributed by atoms with Gasteiger partial charge in [-0.2, -0.15) is 26.3 Å². The summed E-state index contributed by atoms with van der Waals surface area (Å²) in [6.45, 7) is 7.68. The molecular formula is C22H22F6N4O2S. The van der Waals surface area contributed by atoms with Crippen molar-refractivity contribution in [2.75, 3.05) is 12.4 Å². The van der Waals surface area contributed by atoms with Crippen molar-refractivity contribution in [1.82, 2.24) is 15.0 Å². The number of rotatable bonds is 5. The topological polar surface area (TPSA) is 77.0 Å². The summed E-state index contributed by atoms with van der Waals surface area (Å²) in [5.41, 5.74) is -1.96. The number of carbonyl (C=O) groups is 1. The highest BCUT2D eigenvalue weighted by Gasteiger charge is 2.34. The number of esters is 1. The summed E-state index contributed by atoms with van der Waals surface area (Å²) in [7, 11) is 1.02. The molecule has 13 heteroatoms. The van der Waals surface area contributed by atoms with E-state index in [4.69, 9.17) is 0 Å². The Bertz CT molecular complexity index is 1160. The lowest BCUT2D eigenvalue weighted by Gasteiger charge is -2.11. The molecule has 1 N–H and O–H groups in total.